The third-order valence-corrected chi connectivity index (χ3v) is 10.8. The SMILES string of the molecule is COc1cccc(CN(C(=O)CN(c2cc(Cl)ccc2C)S(=O)(=O)c2ccccc2)C(Cc2ccccc2)C(=O)NC2CCCCC2)c1. The number of ether oxygens (including phenoxy) is 1. The molecular formula is C38H42ClN3O5S. The molecule has 1 atom stereocenters. The number of benzene rings is 4. The van der Waals surface area contributed by atoms with Crippen LogP contribution in [0.15, 0.2) is 108 Å². The fourth-order valence-electron chi connectivity index (χ4n) is 6.15. The van der Waals surface area contributed by atoms with Crippen molar-refractivity contribution in [1.29, 1.82) is 0 Å². The Bertz CT molecular complexity index is 1800. The highest BCUT2D eigenvalue weighted by Crippen LogP contribution is 2.30. The van der Waals surface area contributed by atoms with Crippen molar-refractivity contribution < 1.29 is 22.7 Å². The van der Waals surface area contributed by atoms with Gasteiger partial charge in [-0.15, -0.1) is 0 Å². The van der Waals surface area contributed by atoms with Crippen molar-refractivity contribution in [3.63, 3.8) is 0 Å². The van der Waals surface area contributed by atoms with Crippen LogP contribution in [-0.4, -0.2) is 50.9 Å². The number of nitrogens with one attached hydrogen (secondary N) is 1. The minimum absolute atomic E-state index is 0.0161. The highest BCUT2D eigenvalue weighted by molar-refractivity contribution is 7.92. The van der Waals surface area contributed by atoms with Crippen molar-refractivity contribution in [3.8, 4) is 5.75 Å². The first-order chi connectivity index (χ1) is 23.2. The third-order valence-electron chi connectivity index (χ3n) is 8.76. The molecule has 252 valence electrons. The zero-order chi connectivity index (χ0) is 34.1. The molecule has 2 amide bonds. The molecule has 8 nitrogen and oxygen atoms in total. The van der Waals surface area contributed by atoms with Crippen molar-refractivity contribution in [1.82, 2.24) is 10.2 Å². The summed E-state index contributed by atoms with van der Waals surface area (Å²) in [5, 5.41) is 3.57. The predicted molar refractivity (Wildman–Crippen MR) is 190 cm³/mol. The summed E-state index contributed by atoms with van der Waals surface area (Å²) in [5.41, 5.74) is 2.53. The third kappa shape index (κ3) is 8.76. The van der Waals surface area contributed by atoms with E-state index in [1.54, 1.807) is 50.4 Å². The van der Waals surface area contributed by atoms with Gasteiger partial charge < -0.3 is 15.0 Å². The Morgan fingerprint density at radius 3 is 2.23 bits per heavy atom. The Morgan fingerprint density at radius 1 is 0.875 bits per heavy atom. The monoisotopic (exact) mass is 687 g/mol. The molecule has 4 aromatic carbocycles. The van der Waals surface area contributed by atoms with Crippen molar-refractivity contribution in [2.24, 2.45) is 0 Å². The van der Waals surface area contributed by atoms with Crippen LogP contribution in [0.5, 0.6) is 5.75 Å². The smallest absolute Gasteiger partial charge is 0.264 e. The lowest BCUT2D eigenvalue weighted by molar-refractivity contribution is -0.140. The number of rotatable bonds is 13. The van der Waals surface area contributed by atoms with E-state index < -0.39 is 28.5 Å². The van der Waals surface area contributed by atoms with Crippen LogP contribution in [0.2, 0.25) is 5.02 Å². The fraction of sp³-hybridized carbons (Fsp3) is 0.316. The highest BCUT2D eigenvalue weighted by Gasteiger charge is 2.36. The second-order valence-electron chi connectivity index (χ2n) is 12.2. The Labute approximate surface area is 288 Å². The highest BCUT2D eigenvalue weighted by atomic mass is 35.5. The van der Waals surface area contributed by atoms with Gasteiger partial charge in [-0.05, 0) is 72.9 Å². The van der Waals surface area contributed by atoms with Gasteiger partial charge in [0.25, 0.3) is 10.0 Å². The molecule has 5 rings (SSSR count). The Morgan fingerprint density at radius 2 is 1.54 bits per heavy atom. The first-order valence-electron chi connectivity index (χ1n) is 16.3. The predicted octanol–water partition coefficient (Wildman–Crippen LogP) is 6.94. The Hall–Kier alpha value is -4.34. The van der Waals surface area contributed by atoms with Crippen LogP contribution in [0, 0.1) is 6.92 Å². The topological polar surface area (TPSA) is 96.0 Å². The van der Waals surface area contributed by atoms with Crippen molar-refractivity contribution in [3.05, 3.63) is 125 Å². The summed E-state index contributed by atoms with van der Waals surface area (Å²) < 4.78 is 35.1. The summed E-state index contributed by atoms with van der Waals surface area (Å²) in [4.78, 5) is 30.6. The maximum Gasteiger partial charge on any atom is 0.264 e. The van der Waals surface area contributed by atoms with E-state index >= 15 is 0 Å². The van der Waals surface area contributed by atoms with Gasteiger partial charge in [0.2, 0.25) is 11.8 Å². The van der Waals surface area contributed by atoms with E-state index in [9.17, 15) is 18.0 Å². The van der Waals surface area contributed by atoms with Crippen LogP contribution in [0.4, 0.5) is 5.69 Å². The molecule has 4 aromatic rings. The van der Waals surface area contributed by atoms with E-state index in [-0.39, 0.29) is 35.5 Å². The van der Waals surface area contributed by atoms with Crippen LogP contribution in [0.1, 0.15) is 48.8 Å². The summed E-state index contributed by atoms with van der Waals surface area (Å²) in [6.07, 6.45) is 5.21. The number of halogens is 1. The molecule has 0 aromatic heterocycles. The molecular weight excluding hydrogens is 646 g/mol. The van der Waals surface area contributed by atoms with Gasteiger partial charge in [0.05, 0.1) is 17.7 Å². The molecule has 1 aliphatic rings. The zero-order valence-electron chi connectivity index (χ0n) is 27.3. The number of anilines is 1. The fourth-order valence-corrected chi connectivity index (χ4v) is 7.81. The number of sulfonamides is 1. The maximum atomic E-state index is 14.8. The molecule has 1 aliphatic carbocycles. The number of aryl methyl sites for hydroxylation is 1. The molecule has 48 heavy (non-hydrogen) atoms. The van der Waals surface area contributed by atoms with E-state index in [0.29, 0.717) is 16.3 Å². The van der Waals surface area contributed by atoms with Gasteiger partial charge in [0, 0.05) is 24.0 Å². The van der Waals surface area contributed by atoms with Gasteiger partial charge >= 0.3 is 0 Å². The average molecular weight is 688 g/mol. The van der Waals surface area contributed by atoms with E-state index in [0.717, 1.165) is 47.5 Å². The second kappa shape index (κ2) is 16.2. The quantitative estimate of drug-likeness (QED) is 0.164. The molecule has 10 heteroatoms. The molecule has 0 radical (unpaired) electrons. The first kappa shape index (κ1) is 35.0. The Balaban J connectivity index is 1.59. The van der Waals surface area contributed by atoms with E-state index in [1.807, 2.05) is 54.6 Å². The molecule has 1 fully saturated rings. The molecule has 0 saturated heterocycles. The van der Waals surface area contributed by atoms with Crippen molar-refractivity contribution in [2.45, 2.75) is 69.0 Å². The van der Waals surface area contributed by atoms with Gasteiger partial charge in [-0.2, -0.15) is 0 Å². The summed E-state index contributed by atoms with van der Waals surface area (Å²) in [7, 11) is -2.66. The minimum Gasteiger partial charge on any atom is -0.497 e. The lowest BCUT2D eigenvalue weighted by Crippen LogP contribution is -2.55. The maximum absolute atomic E-state index is 14.8. The van der Waals surface area contributed by atoms with Gasteiger partial charge in [-0.25, -0.2) is 8.42 Å². The van der Waals surface area contributed by atoms with Gasteiger partial charge in [-0.1, -0.05) is 97.6 Å². The molecule has 1 saturated carbocycles. The normalized spacial score (nSPS) is 14.1. The van der Waals surface area contributed by atoms with Crippen LogP contribution in [0.25, 0.3) is 0 Å². The summed E-state index contributed by atoms with van der Waals surface area (Å²) in [6, 6.07) is 28.9. The van der Waals surface area contributed by atoms with Gasteiger partial charge in [0.1, 0.15) is 18.3 Å². The number of carbonyl (C=O) groups is 2. The molecule has 1 N–H and O–H groups in total. The molecule has 0 aliphatic heterocycles. The van der Waals surface area contributed by atoms with Crippen LogP contribution in [0.3, 0.4) is 0 Å². The Kier molecular flexibility index (Phi) is 11.8. The number of amides is 2. The number of carbonyl (C=O) groups excluding carboxylic acids is 2. The van der Waals surface area contributed by atoms with Crippen molar-refractivity contribution in [2.75, 3.05) is 18.0 Å². The van der Waals surface area contributed by atoms with Crippen molar-refractivity contribution >= 4 is 39.1 Å². The largest absolute Gasteiger partial charge is 0.497 e. The lowest BCUT2D eigenvalue weighted by Gasteiger charge is -2.35. The van der Waals surface area contributed by atoms with Crippen LogP contribution < -0.4 is 14.4 Å². The first-order valence-corrected chi connectivity index (χ1v) is 18.1. The summed E-state index contributed by atoms with van der Waals surface area (Å²) in [6.45, 7) is 1.28. The van der Waals surface area contributed by atoms with Crippen LogP contribution in [-0.2, 0) is 32.6 Å². The number of methoxy groups -OCH3 is 1. The number of hydrogen-bond donors (Lipinski definition) is 1. The minimum atomic E-state index is -4.23. The molecule has 0 spiro atoms. The summed E-state index contributed by atoms with van der Waals surface area (Å²) in [5.74, 6) is -0.191. The number of nitrogens with zero attached hydrogens (tertiary/aromatic N) is 2. The van der Waals surface area contributed by atoms with E-state index in [4.69, 9.17) is 16.3 Å². The average Bonchev–Trinajstić information content (AvgIpc) is 3.11. The number of hydrogen-bond acceptors (Lipinski definition) is 5. The standard InChI is InChI=1S/C38H42ClN3O5S/c1-28-21-22-31(39)25-35(28)42(48(45,46)34-19-10-5-11-20-34)27-37(43)41(26-30-15-12-18-33(23-30)47-2)36(24-29-13-6-3-7-14-29)38(44)40-32-16-8-4-9-17-32/h3,5-7,10-15,18-23,25,32,36H,4,8-9,16-17,24,26-27H2,1-2H3,(H,40,44). The van der Waals surface area contributed by atoms with Crippen LogP contribution >= 0.6 is 11.6 Å². The lowest BCUT2D eigenvalue weighted by atomic mass is 9.94. The second-order valence-corrected chi connectivity index (χ2v) is 14.5. The summed E-state index contributed by atoms with van der Waals surface area (Å²) >= 11 is 6.39. The van der Waals surface area contributed by atoms with E-state index in [2.05, 4.69) is 5.32 Å². The molecule has 1 unspecified atom stereocenters. The van der Waals surface area contributed by atoms with Gasteiger partial charge in [-0.3, -0.25) is 13.9 Å². The molecule has 0 bridgehead atoms. The van der Waals surface area contributed by atoms with E-state index in [1.165, 1.54) is 17.0 Å². The molecule has 0 heterocycles. The van der Waals surface area contributed by atoms with Gasteiger partial charge in [0.15, 0.2) is 0 Å². The zero-order valence-corrected chi connectivity index (χ0v) is 28.9.